The van der Waals surface area contributed by atoms with Crippen molar-refractivity contribution in [3.8, 4) is 11.5 Å². The van der Waals surface area contributed by atoms with Gasteiger partial charge in [-0.3, -0.25) is 0 Å². The fourth-order valence-electron chi connectivity index (χ4n) is 4.70. The van der Waals surface area contributed by atoms with E-state index >= 15 is 0 Å². The number of hydrogen-bond donors (Lipinski definition) is 1. The number of carbonyl (C=O) groups excluding carboxylic acids is 1. The van der Waals surface area contributed by atoms with Crippen LogP contribution in [0.2, 0.25) is 0 Å². The molecule has 1 spiro atoms. The van der Waals surface area contributed by atoms with E-state index in [0.717, 1.165) is 16.7 Å². The van der Waals surface area contributed by atoms with Gasteiger partial charge < -0.3 is 14.8 Å². The summed E-state index contributed by atoms with van der Waals surface area (Å²) in [5, 5.41) is 3.31. The van der Waals surface area contributed by atoms with Crippen molar-refractivity contribution >= 4 is 52.1 Å². The van der Waals surface area contributed by atoms with Crippen LogP contribution in [0.25, 0.3) is 0 Å². The summed E-state index contributed by atoms with van der Waals surface area (Å²) in [4.78, 5) is 13.4. The molecule has 34 heavy (non-hydrogen) atoms. The van der Waals surface area contributed by atoms with E-state index in [-0.39, 0.29) is 0 Å². The number of anilines is 2. The third-order valence-corrected chi connectivity index (χ3v) is 6.77. The van der Waals surface area contributed by atoms with Gasteiger partial charge in [0.1, 0.15) is 11.5 Å². The van der Waals surface area contributed by atoms with Gasteiger partial charge in [0.05, 0.1) is 11.3 Å². The second-order valence-electron chi connectivity index (χ2n) is 8.10. The molecule has 6 rings (SSSR count). The van der Waals surface area contributed by atoms with Crippen LogP contribution in [-0.4, -0.2) is 5.97 Å². The largest absolute Gasteiger partial charge is 0.456 e. The highest BCUT2D eigenvalue weighted by Gasteiger charge is 2.54. The Hall–Kier alpha value is -3.18. The van der Waals surface area contributed by atoms with Crippen molar-refractivity contribution in [2.24, 2.45) is 0 Å². The molecular formula is C27H16Cl3NO3. The maximum atomic E-state index is 13.4. The Kier molecular flexibility index (Phi) is 4.82. The van der Waals surface area contributed by atoms with E-state index in [1.165, 1.54) is 0 Å². The van der Waals surface area contributed by atoms with Crippen molar-refractivity contribution in [1.29, 1.82) is 0 Å². The van der Waals surface area contributed by atoms with E-state index in [1.54, 1.807) is 18.2 Å². The van der Waals surface area contributed by atoms with Crippen LogP contribution in [0, 0.1) is 0 Å². The summed E-state index contributed by atoms with van der Waals surface area (Å²) in [6, 6.07) is 28.0. The van der Waals surface area contributed by atoms with Crippen molar-refractivity contribution in [3.05, 3.63) is 119 Å². The van der Waals surface area contributed by atoms with Crippen LogP contribution in [0.5, 0.6) is 11.5 Å². The number of alkyl halides is 3. The summed E-state index contributed by atoms with van der Waals surface area (Å²) < 4.78 is 10.8. The van der Waals surface area contributed by atoms with E-state index in [2.05, 4.69) is 5.32 Å². The molecule has 2 heterocycles. The van der Waals surface area contributed by atoms with Crippen LogP contribution in [0.15, 0.2) is 91.0 Å². The van der Waals surface area contributed by atoms with E-state index in [0.29, 0.717) is 34.0 Å². The van der Waals surface area contributed by atoms with Crippen molar-refractivity contribution in [1.82, 2.24) is 0 Å². The summed E-state index contributed by atoms with van der Waals surface area (Å²) in [5.74, 6) is 0.869. The Bertz CT molecular complexity index is 1420. The van der Waals surface area contributed by atoms with Gasteiger partial charge in [-0.05, 0) is 30.3 Å². The van der Waals surface area contributed by atoms with Crippen molar-refractivity contribution in [3.63, 3.8) is 0 Å². The molecule has 0 saturated heterocycles. The van der Waals surface area contributed by atoms with Crippen molar-refractivity contribution < 1.29 is 14.3 Å². The highest BCUT2D eigenvalue weighted by molar-refractivity contribution is 6.66. The lowest BCUT2D eigenvalue weighted by Gasteiger charge is -2.36. The zero-order valence-electron chi connectivity index (χ0n) is 17.5. The first-order chi connectivity index (χ1) is 16.4. The Balaban J connectivity index is 1.54. The van der Waals surface area contributed by atoms with Crippen molar-refractivity contribution in [2.75, 3.05) is 5.32 Å². The molecule has 0 aromatic heterocycles. The number of carbonyl (C=O) groups is 1. The second kappa shape index (κ2) is 7.67. The third kappa shape index (κ3) is 3.17. The minimum absolute atomic E-state index is 0.429. The van der Waals surface area contributed by atoms with Gasteiger partial charge in [-0.25, -0.2) is 4.79 Å². The number of hydrogen-bond acceptors (Lipinski definition) is 4. The second-order valence-corrected chi connectivity index (χ2v) is 10.4. The maximum absolute atomic E-state index is 13.4. The van der Waals surface area contributed by atoms with E-state index in [1.807, 2.05) is 72.8 Å². The number of nitrogens with one attached hydrogen (secondary N) is 1. The normalized spacial score (nSPS) is 15.1. The summed E-state index contributed by atoms with van der Waals surface area (Å²) in [5.41, 5.74) is 3.42. The SMILES string of the molecule is O=C1OC2(c3ccccc3Oc3ccccc32)c2cccc(Nc3cccc(C(Cl)(Cl)Cl)c3)c21. The summed E-state index contributed by atoms with van der Waals surface area (Å²) in [6.07, 6.45) is 0. The molecule has 0 bridgehead atoms. The molecule has 7 heteroatoms. The van der Waals surface area contributed by atoms with Gasteiger partial charge in [0.15, 0.2) is 5.60 Å². The Morgan fingerprint density at radius 3 is 2.03 bits per heavy atom. The lowest BCUT2D eigenvalue weighted by Crippen LogP contribution is -2.32. The first-order valence-corrected chi connectivity index (χ1v) is 11.7. The van der Waals surface area contributed by atoms with Crippen LogP contribution in [0.3, 0.4) is 0 Å². The molecule has 0 unspecified atom stereocenters. The van der Waals surface area contributed by atoms with Gasteiger partial charge in [0.25, 0.3) is 0 Å². The predicted octanol–water partition coefficient (Wildman–Crippen LogP) is 7.82. The van der Waals surface area contributed by atoms with E-state index < -0.39 is 15.4 Å². The first-order valence-electron chi connectivity index (χ1n) is 10.6. The quantitative estimate of drug-likeness (QED) is 0.221. The van der Waals surface area contributed by atoms with Crippen LogP contribution in [0.4, 0.5) is 11.4 Å². The molecule has 0 saturated carbocycles. The van der Waals surface area contributed by atoms with Crippen LogP contribution in [-0.2, 0) is 14.1 Å². The fraction of sp³-hybridized carbons (Fsp3) is 0.0741. The molecule has 4 nitrogen and oxygen atoms in total. The van der Waals surface area contributed by atoms with Gasteiger partial charge >= 0.3 is 5.97 Å². The third-order valence-electron chi connectivity index (χ3n) is 6.12. The van der Waals surface area contributed by atoms with Gasteiger partial charge in [-0.2, -0.15) is 0 Å². The zero-order chi connectivity index (χ0) is 23.5. The lowest BCUT2D eigenvalue weighted by molar-refractivity contribution is 0.0225. The number of ether oxygens (including phenoxy) is 2. The Morgan fingerprint density at radius 2 is 1.35 bits per heavy atom. The van der Waals surface area contributed by atoms with Gasteiger partial charge in [-0.1, -0.05) is 95.5 Å². The molecule has 0 radical (unpaired) electrons. The predicted molar refractivity (Wildman–Crippen MR) is 134 cm³/mol. The Morgan fingerprint density at radius 1 is 0.735 bits per heavy atom. The smallest absolute Gasteiger partial charge is 0.342 e. The van der Waals surface area contributed by atoms with E-state index in [4.69, 9.17) is 44.3 Å². The van der Waals surface area contributed by atoms with Crippen molar-refractivity contribution in [2.45, 2.75) is 9.39 Å². The van der Waals surface area contributed by atoms with Crippen LogP contribution < -0.4 is 10.1 Å². The molecule has 168 valence electrons. The number of para-hydroxylation sites is 2. The molecular weight excluding hydrogens is 493 g/mol. The fourth-order valence-corrected chi connectivity index (χ4v) is 5.05. The molecule has 0 fully saturated rings. The molecule has 4 aromatic carbocycles. The summed E-state index contributed by atoms with van der Waals surface area (Å²) >= 11 is 18.2. The lowest BCUT2D eigenvalue weighted by atomic mass is 9.77. The molecule has 1 N–H and O–H groups in total. The highest BCUT2D eigenvalue weighted by Crippen LogP contribution is 2.56. The van der Waals surface area contributed by atoms with Gasteiger partial charge in [0.2, 0.25) is 3.79 Å². The van der Waals surface area contributed by atoms with Crippen LogP contribution >= 0.6 is 34.8 Å². The monoisotopic (exact) mass is 507 g/mol. The van der Waals surface area contributed by atoms with Crippen LogP contribution in [0.1, 0.15) is 32.6 Å². The highest BCUT2D eigenvalue weighted by atomic mass is 35.6. The zero-order valence-corrected chi connectivity index (χ0v) is 19.8. The standard InChI is InChI=1S/C27H16Cl3NO3/c28-27(29,30)16-7-5-8-17(15-16)31-21-12-6-11-20-24(21)25(32)34-26(20)18-9-1-3-13-22(18)33-23-14-4-2-10-19(23)26/h1-15,31H. The maximum Gasteiger partial charge on any atom is 0.342 e. The summed E-state index contributed by atoms with van der Waals surface area (Å²) in [7, 11) is 0. The Labute approximate surface area is 211 Å². The molecule has 4 aromatic rings. The number of benzene rings is 4. The topological polar surface area (TPSA) is 47.6 Å². The molecule has 0 aliphatic carbocycles. The number of esters is 1. The molecule has 0 atom stereocenters. The van der Waals surface area contributed by atoms with Gasteiger partial charge in [0, 0.05) is 27.9 Å². The first kappa shape index (κ1) is 21.4. The minimum atomic E-state index is -1.56. The number of rotatable bonds is 2. The molecule has 2 aliphatic rings. The number of fused-ring (bicyclic) bond motifs is 6. The summed E-state index contributed by atoms with van der Waals surface area (Å²) in [6.45, 7) is 0. The number of halogens is 3. The molecule has 2 aliphatic heterocycles. The average molecular weight is 509 g/mol. The molecule has 0 amide bonds. The minimum Gasteiger partial charge on any atom is -0.456 e. The van der Waals surface area contributed by atoms with Gasteiger partial charge in [-0.15, -0.1) is 0 Å². The van der Waals surface area contributed by atoms with E-state index in [9.17, 15) is 4.79 Å². The average Bonchev–Trinajstić information content (AvgIpc) is 3.13.